The van der Waals surface area contributed by atoms with Gasteiger partial charge in [0.2, 0.25) is 0 Å². The van der Waals surface area contributed by atoms with Crippen molar-refractivity contribution in [3.63, 3.8) is 0 Å². The number of carbonyl (C=O) groups is 2. The van der Waals surface area contributed by atoms with Gasteiger partial charge in [-0.25, -0.2) is 19.2 Å². The molecule has 12 heteroatoms. The Morgan fingerprint density at radius 3 is 2.48 bits per heavy atom. The molecule has 1 aromatic carbocycles. The first-order valence-electron chi connectivity index (χ1n) is 14.0. The number of hydrogen-bond donors (Lipinski definition) is 1. The van der Waals surface area contributed by atoms with Gasteiger partial charge < -0.3 is 29.0 Å². The van der Waals surface area contributed by atoms with Crippen LogP contribution in [0.5, 0.6) is 6.01 Å². The molecule has 220 valence electrons. The third kappa shape index (κ3) is 4.94. The number of ether oxygens (including phenoxy) is 2. The Morgan fingerprint density at radius 2 is 1.81 bits per heavy atom. The van der Waals surface area contributed by atoms with E-state index in [1.165, 1.54) is 13.2 Å². The van der Waals surface area contributed by atoms with Crippen molar-refractivity contribution in [2.75, 3.05) is 37.0 Å². The predicted molar refractivity (Wildman–Crippen MR) is 156 cm³/mol. The standard InChI is InChI=1S/C30H34FN7O4/c1-18-16-37-17-19(14-22(31)25(37)33-18)34-26(39)20-6-7-23(21-15-32-27(41-5)35-24(20)21)36-11-8-30(9-12-36)10-13-38(30)28(40)42-29(2,3)4/h6-7,14-17H,8-13H2,1-5H3,(H,34,39). The van der Waals surface area contributed by atoms with E-state index in [9.17, 15) is 14.0 Å². The van der Waals surface area contributed by atoms with Crippen LogP contribution in [0.25, 0.3) is 16.6 Å². The largest absolute Gasteiger partial charge is 0.467 e. The average molecular weight is 576 g/mol. The molecule has 0 radical (unpaired) electrons. The molecule has 0 bridgehead atoms. The summed E-state index contributed by atoms with van der Waals surface area (Å²) in [6.07, 6.45) is 7.26. The normalized spacial score (nSPS) is 16.5. The Balaban J connectivity index is 1.26. The van der Waals surface area contributed by atoms with E-state index in [1.54, 1.807) is 36.0 Å². The highest BCUT2D eigenvalue weighted by molar-refractivity contribution is 6.13. The van der Waals surface area contributed by atoms with Crippen LogP contribution in [0, 0.1) is 12.7 Å². The molecule has 2 aliphatic rings. The molecule has 6 rings (SSSR count). The number of aromatic nitrogens is 4. The molecule has 2 aliphatic heterocycles. The second-order valence-corrected chi connectivity index (χ2v) is 12.0. The Bertz CT molecular complexity index is 1710. The van der Waals surface area contributed by atoms with Crippen molar-refractivity contribution in [2.24, 2.45) is 0 Å². The summed E-state index contributed by atoms with van der Waals surface area (Å²) in [5.41, 5.74) is 2.04. The Hall–Kier alpha value is -4.48. The zero-order chi connectivity index (χ0) is 29.8. The number of rotatable bonds is 4. The van der Waals surface area contributed by atoms with Gasteiger partial charge in [-0.3, -0.25) is 4.79 Å². The quantitative estimate of drug-likeness (QED) is 0.363. The number of benzene rings is 1. The number of likely N-dealkylation sites (tertiary alicyclic amines) is 1. The van der Waals surface area contributed by atoms with Crippen LogP contribution < -0.4 is 15.0 Å². The van der Waals surface area contributed by atoms with E-state index in [-0.39, 0.29) is 29.0 Å². The summed E-state index contributed by atoms with van der Waals surface area (Å²) in [4.78, 5) is 43.4. The van der Waals surface area contributed by atoms with E-state index in [2.05, 4.69) is 25.2 Å². The van der Waals surface area contributed by atoms with Gasteiger partial charge in [-0.1, -0.05) is 0 Å². The number of nitrogens with one attached hydrogen (secondary N) is 1. The highest BCUT2D eigenvalue weighted by Crippen LogP contribution is 2.42. The van der Waals surface area contributed by atoms with Crippen LogP contribution >= 0.6 is 0 Å². The zero-order valence-corrected chi connectivity index (χ0v) is 24.4. The minimum atomic E-state index is -0.540. The van der Waals surface area contributed by atoms with E-state index in [1.807, 2.05) is 31.7 Å². The summed E-state index contributed by atoms with van der Waals surface area (Å²) in [7, 11) is 1.47. The maximum atomic E-state index is 14.6. The average Bonchev–Trinajstić information content (AvgIpc) is 3.31. The van der Waals surface area contributed by atoms with Crippen molar-refractivity contribution >= 4 is 39.9 Å². The monoisotopic (exact) mass is 575 g/mol. The number of imidazole rings is 1. The summed E-state index contributed by atoms with van der Waals surface area (Å²) in [5, 5.41) is 3.49. The number of halogens is 1. The van der Waals surface area contributed by atoms with Crippen LogP contribution in [0.15, 0.2) is 36.8 Å². The third-order valence-corrected chi connectivity index (χ3v) is 8.04. The maximum absolute atomic E-state index is 14.6. The van der Waals surface area contributed by atoms with Crippen molar-refractivity contribution in [1.82, 2.24) is 24.3 Å². The van der Waals surface area contributed by atoms with E-state index in [0.717, 1.165) is 38.0 Å². The minimum Gasteiger partial charge on any atom is -0.467 e. The molecule has 42 heavy (non-hydrogen) atoms. The SMILES string of the molecule is COc1ncc2c(N3CCC4(CC3)CCN4C(=O)OC(C)(C)C)ccc(C(=O)Nc3cc(F)c4nc(C)cn4c3)c2n1. The van der Waals surface area contributed by atoms with Crippen LogP contribution in [0.4, 0.5) is 20.6 Å². The molecule has 2 saturated heterocycles. The van der Waals surface area contributed by atoms with E-state index in [4.69, 9.17) is 9.47 Å². The summed E-state index contributed by atoms with van der Waals surface area (Å²) < 4.78 is 27.1. The lowest BCUT2D eigenvalue weighted by atomic mass is 9.76. The van der Waals surface area contributed by atoms with Crippen LogP contribution in [-0.4, -0.2) is 74.1 Å². The van der Waals surface area contributed by atoms with Gasteiger partial charge in [0.05, 0.1) is 35.1 Å². The highest BCUT2D eigenvalue weighted by Gasteiger charge is 2.50. The lowest BCUT2D eigenvalue weighted by Crippen LogP contribution is -2.66. The molecular formula is C30H34FN7O4. The molecule has 2 amide bonds. The molecule has 4 aromatic rings. The van der Waals surface area contributed by atoms with Crippen molar-refractivity contribution in [2.45, 2.75) is 58.1 Å². The smallest absolute Gasteiger partial charge is 0.410 e. The van der Waals surface area contributed by atoms with Crippen LogP contribution in [0.3, 0.4) is 0 Å². The van der Waals surface area contributed by atoms with E-state index in [0.29, 0.717) is 28.7 Å². The summed E-state index contributed by atoms with van der Waals surface area (Å²) in [6, 6.07) is 4.99. The maximum Gasteiger partial charge on any atom is 0.410 e. The molecule has 0 atom stereocenters. The Morgan fingerprint density at radius 1 is 1.07 bits per heavy atom. The first kappa shape index (κ1) is 27.7. The van der Waals surface area contributed by atoms with Gasteiger partial charge in [0.1, 0.15) is 5.60 Å². The minimum absolute atomic E-state index is 0.134. The number of amides is 2. The summed E-state index contributed by atoms with van der Waals surface area (Å²) in [5.74, 6) is -0.979. The number of nitrogens with zero attached hydrogens (tertiary/aromatic N) is 6. The molecular weight excluding hydrogens is 541 g/mol. The lowest BCUT2D eigenvalue weighted by Gasteiger charge is -2.56. The fourth-order valence-electron chi connectivity index (χ4n) is 5.92. The summed E-state index contributed by atoms with van der Waals surface area (Å²) in [6.45, 7) is 9.55. The number of aryl methyl sites for hydroxylation is 1. The molecule has 3 aromatic heterocycles. The number of piperidine rings is 1. The summed E-state index contributed by atoms with van der Waals surface area (Å²) >= 11 is 0. The van der Waals surface area contributed by atoms with Crippen LogP contribution in [0.2, 0.25) is 0 Å². The molecule has 2 fully saturated rings. The second kappa shape index (κ2) is 10.1. The first-order valence-corrected chi connectivity index (χ1v) is 14.0. The molecule has 0 saturated carbocycles. The van der Waals surface area contributed by atoms with Crippen molar-refractivity contribution in [3.05, 3.63) is 53.9 Å². The Kier molecular flexibility index (Phi) is 6.66. The third-order valence-electron chi connectivity index (χ3n) is 8.04. The van der Waals surface area contributed by atoms with Crippen LogP contribution in [0.1, 0.15) is 56.1 Å². The fraction of sp³-hybridized carbons (Fsp3) is 0.433. The van der Waals surface area contributed by atoms with Crippen molar-refractivity contribution < 1.29 is 23.5 Å². The van der Waals surface area contributed by atoms with Gasteiger partial charge >= 0.3 is 12.1 Å². The van der Waals surface area contributed by atoms with Crippen molar-refractivity contribution in [1.29, 1.82) is 0 Å². The molecule has 11 nitrogen and oxygen atoms in total. The molecule has 5 heterocycles. The predicted octanol–water partition coefficient (Wildman–Crippen LogP) is 4.97. The second-order valence-electron chi connectivity index (χ2n) is 12.0. The van der Waals surface area contributed by atoms with Gasteiger partial charge in [-0.2, -0.15) is 4.98 Å². The molecule has 1 N–H and O–H groups in total. The molecule has 1 spiro atoms. The highest BCUT2D eigenvalue weighted by atomic mass is 19.1. The van der Waals surface area contributed by atoms with Gasteiger partial charge in [0.25, 0.3) is 5.91 Å². The zero-order valence-electron chi connectivity index (χ0n) is 24.4. The molecule has 0 unspecified atom stereocenters. The van der Waals surface area contributed by atoms with Gasteiger partial charge in [0, 0.05) is 55.4 Å². The number of pyridine rings is 1. The number of fused-ring (bicyclic) bond motifs is 2. The van der Waals surface area contributed by atoms with Gasteiger partial charge in [-0.05, 0) is 59.1 Å². The lowest BCUT2D eigenvalue weighted by molar-refractivity contribution is -0.0541. The number of carbonyl (C=O) groups excluding carboxylic acids is 2. The fourth-order valence-corrected chi connectivity index (χ4v) is 5.92. The van der Waals surface area contributed by atoms with Crippen LogP contribution in [-0.2, 0) is 4.74 Å². The number of anilines is 2. The number of hydrogen-bond acceptors (Lipinski definition) is 8. The van der Waals surface area contributed by atoms with E-state index < -0.39 is 17.3 Å². The van der Waals surface area contributed by atoms with Gasteiger partial charge in [0.15, 0.2) is 11.5 Å². The van der Waals surface area contributed by atoms with Gasteiger partial charge in [-0.15, -0.1) is 0 Å². The molecule has 0 aliphatic carbocycles. The van der Waals surface area contributed by atoms with Crippen molar-refractivity contribution in [3.8, 4) is 6.01 Å². The topological polar surface area (TPSA) is 114 Å². The van der Waals surface area contributed by atoms with E-state index >= 15 is 0 Å². The first-order chi connectivity index (χ1) is 20.0. The Labute approximate surface area is 242 Å². The number of methoxy groups -OCH3 is 1.